The first-order valence-electron chi connectivity index (χ1n) is 5.95. The maximum absolute atomic E-state index is 11.2. The molecule has 0 radical (unpaired) electrons. The first kappa shape index (κ1) is 12.8. The van der Waals surface area contributed by atoms with E-state index in [0.29, 0.717) is 0 Å². The van der Waals surface area contributed by atoms with Gasteiger partial charge in [-0.25, -0.2) is 14.8 Å². The lowest BCUT2D eigenvalue weighted by molar-refractivity contribution is 0.0593. The van der Waals surface area contributed by atoms with Crippen LogP contribution in [-0.2, 0) is 4.74 Å². The highest BCUT2D eigenvalue weighted by Crippen LogP contribution is 2.23. The molecule has 1 fully saturated rings. The number of esters is 1. The Labute approximate surface area is 106 Å². The van der Waals surface area contributed by atoms with E-state index in [2.05, 4.69) is 19.6 Å². The minimum Gasteiger partial charge on any atom is -0.464 e. The maximum Gasteiger partial charge on any atom is 0.358 e. The number of ether oxygens (including phenoxy) is 1. The zero-order valence-corrected chi connectivity index (χ0v) is 10.5. The summed E-state index contributed by atoms with van der Waals surface area (Å²) in [4.78, 5) is 21.5. The second kappa shape index (κ2) is 5.30. The van der Waals surface area contributed by atoms with Crippen LogP contribution in [0.3, 0.4) is 0 Å². The Morgan fingerprint density at radius 2 is 2.33 bits per heavy atom. The van der Waals surface area contributed by atoms with Gasteiger partial charge in [0.2, 0.25) is 0 Å². The Hall–Kier alpha value is -1.69. The van der Waals surface area contributed by atoms with E-state index in [0.717, 1.165) is 25.3 Å². The van der Waals surface area contributed by atoms with Crippen LogP contribution in [0, 0.1) is 5.92 Å². The van der Waals surface area contributed by atoms with Crippen molar-refractivity contribution >= 4 is 11.8 Å². The summed E-state index contributed by atoms with van der Waals surface area (Å²) in [5.41, 5.74) is 0.201. The van der Waals surface area contributed by atoms with E-state index >= 15 is 0 Å². The van der Waals surface area contributed by atoms with Crippen LogP contribution in [0.15, 0.2) is 12.4 Å². The van der Waals surface area contributed by atoms with Gasteiger partial charge in [-0.3, -0.25) is 0 Å². The molecule has 0 saturated carbocycles. The predicted octanol–water partition coefficient (Wildman–Crippen LogP) is 0.470. The zero-order valence-electron chi connectivity index (χ0n) is 10.5. The molecule has 1 N–H and O–H groups in total. The third-order valence-electron chi connectivity index (χ3n) is 3.26. The first-order chi connectivity index (χ1) is 8.61. The van der Waals surface area contributed by atoms with Crippen LogP contribution in [0.4, 0.5) is 5.82 Å². The van der Waals surface area contributed by atoms with Crippen molar-refractivity contribution < 1.29 is 14.6 Å². The van der Waals surface area contributed by atoms with Gasteiger partial charge in [-0.1, -0.05) is 0 Å². The van der Waals surface area contributed by atoms with Crippen molar-refractivity contribution in [1.29, 1.82) is 0 Å². The summed E-state index contributed by atoms with van der Waals surface area (Å²) < 4.78 is 4.56. The number of methoxy groups -OCH3 is 1. The number of anilines is 1. The van der Waals surface area contributed by atoms with Crippen molar-refractivity contribution in [2.75, 3.05) is 25.1 Å². The summed E-state index contributed by atoms with van der Waals surface area (Å²) >= 11 is 0. The second-order valence-electron chi connectivity index (χ2n) is 4.49. The van der Waals surface area contributed by atoms with E-state index in [1.807, 2.05) is 0 Å². The summed E-state index contributed by atoms with van der Waals surface area (Å²) in [6, 6.07) is 0. The molecule has 2 unspecified atom stereocenters. The molecule has 0 spiro atoms. The normalized spacial score (nSPS) is 20.8. The highest BCUT2D eigenvalue weighted by Gasteiger charge is 2.27. The number of aliphatic hydroxyl groups excluding tert-OH is 1. The number of aromatic nitrogens is 2. The minimum absolute atomic E-state index is 0.201. The third kappa shape index (κ3) is 2.59. The van der Waals surface area contributed by atoms with E-state index in [-0.39, 0.29) is 17.7 Å². The minimum atomic E-state index is -0.489. The van der Waals surface area contributed by atoms with E-state index in [1.54, 1.807) is 13.1 Å². The molecular weight excluding hydrogens is 234 g/mol. The molecule has 0 amide bonds. The van der Waals surface area contributed by atoms with Gasteiger partial charge < -0.3 is 14.7 Å². The Kier molecular flexibility index (Phi) is 3.76. The van der Waals surface area contributed by atoms with Crippen LogP contribution < -0.4 is 4.90 Å². The number of rotatable bonds is 3. The molecule has 2 atom stereocenters. The number of carbonyl (C=O) groups is 1. The van der Waals surface area contributed by atoms with Crippen LogP contribution in [0.25, 0.3) is 0 Å². The summed E-state index contributed by atoms with van der Waals surface area (Å²) in [5, 5.41) is 9.54. The number of nitrogens with zero attached hydrogens (tertiary/aromatic N) is 3. The summed E-state index contributed by atoms with van der Waals surface area (Å²) in [6.45, 7) is 3.42. The quantitative estimate of drug-likeness (QED) is 0.787. The van der Waals surface area contributed by atoms with Gasteiger partial charge in [-0.15, -0.1) is 0 Å². The second-order valence-corrected chi connectivity index (χ2v) is 4.49. The number of hydrogen-bond acceptors (Lipinski definition) is 6. The maximum atomic E-state index is 11.2. The molecule has 6 heteroatoms. The van der Waals surface area contributed by atoms with Gasteiger partial charge in [0.25, 0.3) is 0 Å². The third-order valence-corrected chi connectivity index (χ3v) is 3.26. The standard InChI is InChI=1S/C12H17N3O3/c1-8(16)9-3-4-15(7-9)11-6-13-10(5-14-11)12(17)18-2/h5-6,8-9,16H,3-4,7H2,1-2H3. The van der Waals surface area contributed by atoms with Gasteiger partial charge in [-0.2, -0.15) is 0 Å². The molecule has 1 aliphatic heterocycles. The monoisotopic (exact) mass is 251 g/mol. The molecular formula is C12H17N3O3. The Morgan fingerprint density at radius 1 is 1.56 bits per heavy atom. The van der Waals surface area contributed by atoms with E-state index < -0.39 is 5.97 Å². The molecule has 18 heavy (non-hydrogen) atoms. The highest BCUT2D eigenvalue weighted by atomic mass is 16.5. The molecule has 1 aliphatic rings. The molecule has 1 aromatic heterocycles. The van der Waals surface area contributed by atoms with Crippen molar-refractivity contribution in [3.05, 3.63) is 18.1 Å². The number of aliphatic hydroxyl groups is 1. The van der Waals surface area contributed by atoms with Crippen LogP contribution in [-0.4, -0.2) is 47.3 Å². The van der Waals surface area contributed by atoms with Gasteiger partial charge in [0.15, 0.2) is 5.69 Å². The fourth-order valence-electron chi connectivity index (χ4n) is 2.08. The van der Waals surface area contributed by atoms with Crippen LogP contribution in [0.5, 0.6) is 0 Å². The molecule has 2 rings (SSSR count). The number of carbonyl (C=O) groups excluding carboxylic acids is 1. The average molecular weight is 251 g/mol. The molecule has 6 nitrogen and oxygen atoms in total. The van der Waals surface area contributed by atoms with E-state index in [1.165, 1.54) is 13.3 Å². The molecule has 1 aromatic rings. The molecule has 98 valence electrons. The van der Waals surface area contributed by atoms with Crippen molar-refractivity contribution in [1.82, 2.24) is 9.97 Å². The molecule has 0 aromatic carbocycles. The van der Waals surface area contributed by atoms with Crippen molar-refractivity contribution in [2.45, 2.75) is 19.4 Å². The van der Waals surface area contributed by atoms with E-state index in [9.17, 15) is 9.90 Å². The molecule has 2 heterocycles. The fraction of sp³-hybridized carbons (Fsp3) is 0.583. The largest absolute Gasteiger partial charge is 0.464 e. The van der Waals surface area contributed by atoms with Gasteiger partial charge >= 0.3 is 5.97 Å². The lowest BCUT2D eigenvalue weighted by Crippen LogP contribution is -2.24. The van der Waals surface area contributed by atoms with Gasteiger partial charge in [0.1, 0.15) is 5.82 Å². The summed E-state index contributed by atoms with van der Waals surface area (Å²) in [6.07, 6.45) is 3.61. The van der Waals surface area contributed by atoms with Gasteiger partial charge in [0, 0.05) is 19.0 Å². The predicted molar refractivity (Wildman–Crippen MR) is 65.4 cm³/mol. The molecule has 0 aliphatic carbocycles. The van der Waals surface area contributed by atoms with Crippen molar-refractivity contribution in [3.63, 3.8) is 0 Å². The number of hydrogen-bond donors (Lipinski definition) is 1. The van der Waals surface area contributed by atoms with Crippen LogP contribution in [0.2, 0.25) is 0 Å². The SMILES string of the molecule is COC(=O)c1cnc(N2CCC(C(C)O)C2)cn1. The van der Waals surface area contributed by atoms with Crippen molar-refractivity contribution in [2.24, 2.45) is 5.92 Å². The smallest absolute Gasteiger partial charge is 0.358 e. The Morgan fingerprint density at radius 3 is 2.83 bits per heavy atom. The van der Waals surface area contributed by atoms with Gasteiger partial charge in [0.05, 0.1) is 25.6 Å². The van der Waals surface area contributed by atoms with Gasteiger partial charge in [-0.05, 0) is 13.3 Å². The van der Waals surface area contributed by atoms with Crippen LogP contribution >= 0.6 is 0 Å². The fourth-order valence-corrected chi connectivity index (χ4v) is 2.08. The Bertz CT molecular complexity index is 419. The lowest BCUT2D eigenvalue weighted by Gasteiger charge is -2.18. The highest BCUT2D eigenvalue weighted by molar-refractivity contribution is 5.86. The summed E-state index contributed by atoms with van der Waals surface area (Å²) in [7, 11) is 1.31. The molecule has 1 saturated heterocycles. The topological polar surface area (TPSA) is 75.5 Å². The van der Waals surface area contributed by atoms with Crippen molar-refractivity contribution in [3.8, 4) is 0 Å². The summed E-state index contributed by atoms with van der Waals surface area (Å²) in [5.74, 6) is 0.509. The van der Waals surface area contributed by atoms with Crippen LogP contribution in [0.1, 0.15) is 23.8 Å². The average Bonchev–Trinajstić information content (AvgIpc) is 2.88. The first-order valence-corrected chi connectivity index (χ1v) is 5.95. The Balaban J connectivity index is 2.05. The lowest BCUT2D eigenvalue weighted by atomic mass is 10.0. The molecule has 0 bridgehead atoms. The van der Waals surface area contributed by atoms with E-state index in [4.69, 9.17) is 0 Å². The zero-order chi connectivity index (χ0) is 13.1.